The highest BCUT2D eigenvalue weighted by Crippen LogP contribution is 2.45. The molecule has 3 nitrogen and oxygen atoms in total. The van der Waals surface area contributed by atoms with Crippen molar-refractivity contribution in [1.29, 1.82) is 0 Å². The number of nitrogens with one attached hydrogen (secondary N) is 1. The number of thiophene rings is 1. The maximum Gasteiger partial charge on any atom is 0.267 e. The van der Waals surface area contributed by atoms with Gasteiger partial charge in [-0.3, -0.25) is 10.1 Å². The first-order valence-electron chi connectivity index (χ1n) is 6.79. The van der Waals surface area contributed by atoms with Crippen LogP contribution in [0, 0.1) is 6.92 Å². The van der Waals surface area contributed by atoms with E-state index in [0.717, 1.165) is 16.3 Å². The Hall–Kier alpha value is -1.63. The summed E-state index contributed by atoms with van der Waals surface area (Å²) in [4.78, 5) is 19.9. The molecular formula is C16H12N2OS3. The Bertz CT molecular complexity index is 866. The predicted octanol–water partition coefficient (Wildman–Crippen LogP) is 5.04. The number of carbonyl (C=O) groups excluding carboxylic acids is 1. The van der Waals surface area contributed by atoms with Crippen molar-refractivity contribution in [2.75, 3.05) is 5.32 Å². The molecule has 6 heteroatoms. The molecule has 0 saturated heterocycles. The molecule has 0 radical (unpaired) electrons. The Morgan fingerprint density at radius 3 is 3.00 bits per heavy atom. The second-order valence-electron chi connectivity index (χ2n) is 5.00. The van der Waals surface area contributed by atoms with E-state index in [4.69, 9.17) is 0 Å². The van der Waals surface area contributed by atoms with Gasteiger partial charge in [-0.15, -0.1) is 34.4 Å². The fourth-order valence-corrected chi connectivity index (χ4v) is 5.37. The van der Waals surface area contributed by atoms with Gasteiger partial charge in [-0.05, 0) is 24.6 Å². The maximum absolute atomic E-state index is 12.4. The Kier molecular flexibility index (Phi) is 3.52. The van der Waals surface area contributed by atoms with Gasteiger partial charge in [0.15, 0.2) is 5.13 Å². The fourth-order valence-electron chi connectivity index (χ4n) is 2.38. The van der Waals surface area contributed by atoms with E-state index in [1.165, 1.54) is 32.2 Å². The molecule has 1 aliphatic heterocycles. The molecule has 0 aliphatic carbocycles. The molecule has 0 fully saturated rings. The first-order valence-corrected chi connectivity index (χ1v) is 9.47. The second-order valence-corrected chi connectivity index (χ2v) is 7.93. The van der Waals surface area contributed by atoms with Crippen molar-refractivity contribution in [2.24, 2.45) is 0 Å². The zero-order valence-electron chi connectivity index (χ0n) is 11.8. The zero-order valence-corrected chi connectivity index (χ0v) is 14.2. The third-order valence-corrected chi connectivity index (χ3v) is 6.59. The monoisotopic (exact) mass is 344 g/mol. The molecule has 2 aromatic heterocycles. The number of aryl methyl sites for hydroxylation is 1. The van der Waals surface area contributed by atoms with E-state index < -0.39 is 0 Å². The maximum atomic E-state index is 12.4. The molecule has 1 N–H and O–H groups in total. The van der Waals surface area contributed by atoms with Gasteiger partial charge in [0, 0.05) is 26.5 Å². The predicted molar refractivity (Wildman–Crippen MR) is 94.1 cm³/mol. The molecule has 0 spiro atoms. The number of thioether (sulfide) groups is 1. The van der Waals surface area contributed by atoms with Gasteiger partial charge in [-0.1, -0.05) is 18.2 Å². The van der Waals surface area contributed by atoms with Crippen molar-refractivity contribution in [2.45, 2.75) is 17.6 Å². The van der Waals surface area contributed by atoms with Crippen molar-refractivity contribution in [1.82, 2.24) is 4.98 Å². The number of rotatable bonds is 2. The van der Waals surface area contributed by atoms with Crippen LogP contribution >= 0.6 is 34.4 Å². The minimum absolute atomic E-state index is 0.0729. The first-order chi connectivity index (χ1) is 10.7. The summed E-state index contributed by atoms with van der Waals surface area (Å²) < 4.78 is 0. The smallest absolute Gasteiger partial charge is 0.267 e. The Morgan fingerprint density at radius 2 is 2.18 bits per heavy atom. The number of benzene rings is 1. The summed E-state index contributed by atoms with van der Waals surface area (Å²) in [5.74, 6) is 0.850. The summed E-state index contributed by atoms with van der Waals surface area (Å²) in [6.45, 7) is 1.92. The summed E-state index contributed by atoms with van der Waals surface area (Å²) >= 11 is 4.85. The average molecular weight is 344 g/mol. The van der Waals surface area contributed by atoms with Gasteiger partial charge in [0.05, 0.1) is 10.6 Å². The summed E-state index contributed by atoms with van der Waals surface area (Å²) in [6, 6.07) is 10.4. The van der Waals surface area contributed by atoms with Crippen molar-refractivity contribution < 1.29 is 4.79 Å². The van der Waals surface area contributed by atoms with Crippen LogP contribution in [0.25, 0.3) is 10.4 Å². The van der Waals surface area contributed by atoms with Crippen LogP contribution in [0.5, 0.6) is 0 Å². The molecule has 3 aromatic rings. The highest BCUT2D eigenvalue weighted by molar-refractivity contribution is 7.98. The quantitative estimate of drug-likeness (QED) is 0.708. The number of aromatic nitrogens is 1. The lowest BCUT2D eigenvalue weighted by Gasteiger charge is -2.14. The molecule has 0 atom stereocenters. The fraction of sp³-hybridized carbons (Fsp3) is 0.125. The lowest BCUT2D eigenvalue weighted by molar-refractivity contribution is 0.103. The molecule has 4 rings (SSSR count). The Labute approximate surface area is 140 Å². The Morgan fingerprint density at radius 1 is 1.32 bits per heavy atom. The van der Waals surface area contributed by atoms with Gasteiger partial charge < -0.3 is 0 Å². The summed E-state index contributed by atoms with van der Waals surface area (Å²) in [5, 5.41) is 5.47. The van der Waals surface area contributed by atoms with E-state index >= 15 is 0 Å². The van der Waals surface area contributed by atoms with E-state index in [0.29, 0.717) is 5.13 Å². The van der Waals surface area contributed by atoms with E-state index in [1.807, 2.05) is 36.2 Å². The molecule has 0 saturated carbocycles. The number of hydrogen-bond acceptors (Lipinski definition) is 5. The third kappa shape index (κ3) is 2.47. The Balaban J connectivity index is 1.65. The van der Waals surface area contributed by atoms with E-state index in [9.17, 15) is 4.79 Å². The van der Waals surface area contributed by atoms with Crippen LogP contribution < -0.4 is 5.32 Å². The van der Waals surface area contributed by atoms with Crippen LogP contribution in [0.15, 0.2) is 40.6 Å². The van der Waals surface area contributed by atoms with E-state index in [2.05, 4.69) is 28.5 Å². The molecular weight excluding hydrogens is 332 g/mol. The van der Waals surface area contributed by atoms with Gasteiger partial charge >= 0.3 is 0 Å². The number of hydrogen-bond donors (Lipinski definition) is 1. The lowest BCUT2D eigenvalue weighted by atomic mass is 10.1. The number of carbonyl (C=O) groups is 1. The largest absolute Gasteiger partial charge is 0.297 e. The standard InChI is InChI=1S/C16H12N2OS3/c1-9-7-21-16(17-9)18-15(19)13-6-10-8-20-12-5-3-2-4-11(12)14(10)22-13/h2-7H,8H2,1H3,(H,17,18,19). The van der Waals surface area contributed by atoms with Crippen LogP contribution in [0.3, 0.4) is 0 Å². The molecule has 3 heterocycles. The summed E-state index contributed by atoms with van der Waals surface area (Å²) in [5.41, 5.74) is 3.41. The molecule has 0 bridgehead atoms. The van der Waals surface area contributed by atoms with Crippen LogP contribution in [-0.2, 0) is 5.75 Å². The van der Waals surface area contributed by atoms with Crippen molar-refractivity contribution in [3.8, 4) is 10.4 Å². The summed E-state index contributed by atoms with van der Waals surface area (Å²) in [6.07, 6.45) is 0. The van der Waals surface area contributed by atoms with Gasteiger partial charge in [-0.25, -0.2) is 4.98 Å². The number of fused-ring (bicyclic) bond motifs is 3. The number of thiazole rings is 1. The molecule has 0 unspecified atom stereocenters. The number of amides is 1. The average Bonchev–Trinajstić information content (AvgIpc) is 3.13. The van der Waals surface area contributed by atoms with Crippen LogP contribution in [-0.4, -0.2) is 10.9 Å². The normalized spacial score (nSPS) is 12.6. The van der Waals surface area contributed by atoms with Crippen LogP contribution in [0.1, 0.15) is 20.9 Å². The second kappa shape index (κ2) is 5.53. The van der Waals surface area contributed by atoms with E-state index in [-0.39, 0.29) is 5.91 Å². The molecule has 22 heavy (non-hydrogen) atoms. The summed E-state index contributed by atoms with van der Waals surface area (Å²) in [7, 11) is 0. The molecule has 110 valence electrons. The van der Waals surface area contributed by atoms with Crippen molar-refractivity contribution >= 4 is 45.5 Å². The molecule has 1 aliphatic rings. The minimum atomic E-state index is -0.0729. The minimum Gasteiger partial charge on any atom is -0.297 e. The van der Waals surface area contributed by atoms with Gasteiger partial charge in [-0.2, -0.15) is 0 Å². The van der Waals surface area contributed by atoms with Crippen LogP contribution in [0.4, 0.5) is 5.13 Å². The highest BCUT2D eigenvalue weighted by Gasteiger charge is 2.22. The van der Waals surface area contributed by atoms with Gasteiger partial charge in [0.2, 0.25) is 0 Å². The van der Waals surface area contributed by atoms with E-state index in [1.54, 1.807) is 11.3 Å². The zero-order chi connectivity index (χ0) is 15.1. The lowest BCUT2D eigenvalue weighted by Crippen LogP contribution is -2.09. The van der Waals surface area contributed by atoms with Crippen LogP contribution in [0.2, 0.25) is 0 Å². The van der Waals surface area contributed by atoms with Crippen molar-refractivity contribution in [3.63, 3.8) is 0 Å². The van der Waals surface area contributed by atoms with Crippen molar-refractivity contribution in [3.05, 3.63) is 51.8 Å². The first kappa shape index (κ1) is 14.0. The number of anilines is 1. The number of nitrogens with zero attached hydrogens (tertiary/aromatic N) is 1. The SMILES string of the molecule is Cc1csc(NC(=O)c2cc3c(s2)-c2ccccc2SC3)n1. The van der Waals surface area contributed by atoms with Gasteiger partial charge in [0.25, 0.3) is 5.91 Å². The third-order valence-electron chi connectivity index (χ3n) is 3.39. The highest BCUT2D eigenvalue weighted by atomic mass is 32.2. The molecule has 1 aromatic carbocycles. The van der Waals surface area contributed by atoms with Gasteiger partial charge in [0.1, 0.15) is 0 Å². The topological polar surface area (TPSA) is 42.0 Å². The molecule has 1 amide bonds.